The van der Waals surface area contributed by atoms with Crippen LogP contribution >= 0.6 is 0 Å². The Bertz CT molecular complexity index is 505. The first-order valence-corrected chi connectivity index (χ1v) is 5.04. The van der Waals surface area contributed by atoms with Crippen LogP contribution in [0, 0.1) is 6.92 Å². The molecular formula is C9H11N5O3. The van der Waals surface area contributed by atoms with Gasteiger partial charge in [-0.05, 0) is 13.8 Å². The average Bonchev–Trinajstić information content (AvgIpc) is 2.91. The summed E-state index contributed by atoms with van der Waals surface area (Å²) >= 11 is 0. The van der Waals surface area contributed by atoms with Crippen LogP contribution in [0.3, 0.4) is 0 Å². The van der Waals surface area contributed by atoms with Gasteiger partial charge in [0, 0.05) is 0 Å². The van der Waals surface area contributed by atoms with E-state index >= 15 is 0 Å². The quantitative estimate of drug-likeness (QED) is 0.700. The third-order valence-electron chi connectivity index (χ3n) is 2.15. The van der Waals surface area contributed by atoms with Crippen molar-refractivity contribution in [2.75, 3.05) is 6.61 Å². The van der Waals surface area contributed by atoms with E-state index in [1.807, 2.05) is 0 Å². The fraction of sp³-hybridized carbons (Fsp3) is 0.444. The van der Waals surface area contributed by atoms with Gasteiger partial charge < -0.3 is 9.26 Å². The molecule has 2 rings (SSSR count). The van der Waals surface area contributed by atoms with E-state index in [1.54, 1.807) is 13.8 Å². The molecule has 17 heavy (non-hydrogen) atoms. The predicted molar refractivity (Wildman–Crippen MR) is 54.1 cm³/mol. The number of rotatable bonds is 4. The summed E-state index contributed by atoms with van der Waals surface area (Å²) in [6, 6.07) is 0. The zero-order valence-corrected chi connectivity index (χ0v) is 9.45. The number of hydrogen-bond donors (Lipinski definition) is 0. The van der Waals surface area contributed by atoms with Gasteiger partial charge in [-0.2, -0.15) is 4.98 Å². The van der Waals surface area contributed by atoms with E-state index < -0.39 is 5.97 Å². The Morgan fingerprint density at radius 2 is 2.41 bits per heavy atom. The molecule has 0 atom stereocenters. The Morgan fingerprint density at radius 1 is 1.59 bits per heavy atom. The number of nitrogens with zero attached hydrogens (tertiary/aromatic N) is 5. The van der Waals surface area contributed by atoms with E-state index in [2.05, 4.69) is 25.0 Å². The Hall–Kier alpha value is -2.25. The number of ether oxygens (including phenoxy) is 1. The molecule has 0 amide bonds. The highest BCUT2D eigenvalue weighted by atomic mass is 16.5. The molecule has 0 spiro atoms. The molecule has 0 N–H and O–H groups in total. The van der Waals surface area contributed by atoms with Gasteiger partial charge in [0.25, 0.3) is 0 Å². The molecule has 2 heterocycles. The summed E-state index contributed by atoms with van der Waals surface area (Å²) in [5.41, 5.74) is 0.809. The molecule has 0 radical (unpaired) electrons. The van der Waals surface area contributed by atoms with Crippen molar-refractivity contribution in [3.63, 3.8) is 0 Å². The van der Waals surface area contributed by atoms with E-state index in [0.29, 0.717) is 24.7 Å². The number of hydrogen-bond acceptors (Lipinski definition) is 7. The smallest absolute Gasteiger partial charge is 0.360 e. The van der Waals surface area contributed by atoms with Gasteiger partial charge in [0.05, 0.1) is 12.3 Å². The summed E-state index contributed by atoms with van der Waals surface area (Å²) in [6.07, 6.45) is 1.23. The highest BCUT2D eigenvalue weighted by Crippen LogP contribution is 2.06. The highest BCUT2D eigenvalue weighted by Gasteiger charge is 2.18. The van der Waals surface area contributed by atoms with Crippen LogP contribution in [0.1, 0.15) is 28.9 Å². The van der Waals surface area contributed by atoms with Crippen molar-refractivity contribution in [2.24, 2.45) is 0 Å². The van der Waals surface area contributed by atoms with Crippen LogP contribution in [0.2, 0.25) is 0 Å². The zero-order chi connectivity index (χ0) is 12.3. The summed E-state index contributed by atoms with van der Waals surface area (Å²) in [5, 5.41) is 11.3. The third-order valence-corrected chi connectivity index (χ3v) is 2.15. The molecule has 0 aliphatic rings. The van der Waals surface area contributed by atoms with Crippen molar-refractivity contribution in [1.29, 1.82) is 0 Å². The lowest BCUT2D eigenvalue weighted by atomic mass is 10.3. The Labute approximate surface area is 96.6 Å². The predicted octanol–water partition coefficient (Wildman–Crippen LogP) is 0.195. The molecule has 90 valence electrons. The molecule has 0 bridgehead atoms. The fourth-order valence-electron chi connectivity index (χ4n) is 1.29. The van der Waals surface area contributed by atoms with Gasteiger partial charge in [-0.15, -0.1) is 5.10 Å². The minimum atomic E-state index is -0.482. The van der Waals surface area contributed by atoms with E-state index in [4.69, 9.17) is 4.74 Å². The van der Waals surface area contributed by atoms with Gasteiger partial charge in [0.2, 0.25) is 6.39 Å². The van der Waals surface area contributed by atoms with E-state index in [1.165, 1.54) is 11.1 Å². The maximum Gasteiger partial charge on any atom is 0.360 e. The number of esters is 1. The molecule has 2 aromatic rings. The average molecular weight is 237 g/mol. The first-order valence-electron chi connectivity index (χ1n) is 5.04. The molecule has 8 nitrogen and oxygen atoms in total. The number of carbonyl (C=O) groups is 1. The van der Waals surface area contributed by atoms with Crippen LogP contribution in [0.5, 0.6) is 0 Å². The fourth-order valence-corrected chi connectivity index (χ4v) is 1.29. The van der Waals surface area contributed by atoms with E-state index in [-0.39, 0.29) is 5.69 Å². The van der Waals surface area contributed by atoms with Crippen molar-refractivity contribution < 1.29 is 14.1 Å². The molecule has 0 aliphatic carbocycles. The van der Waals surface area contributed by atoms with Crippen LogP contribution < -0.4 is 0 Å². The van der Waals surface area contributed by atoms with Gasteiger partial charge in [-0.1, -0.05) is 10.4 Å². The second-order valence-corrected chi connectivity index (χ2v) is 3.25. The minimum absolute atomic E-state index is 0.204. The Morgan fingerprint density at radius 3 is 3.06 bits per heavy atom. The van der Waals surface area contributed by atoms with Gasteiger partial charge in [-0.3, -0.25) is 0 Å². The molecule has 0 saturated carbocycles. The number of carbonyl (C=O) groups excluding carboxylic acids is 1. The Kier molecular flexibility index (Phi) is 3.12. The molecule has 0 fully saturated rings. The van der Waals surface area contributed by atoms with Crippen LogP contribution in [0.15, 0.2) is 10.9 Å². The van der Waals surface area contributed by atoms with E-state index in [0.717, 1.165) is 0 Å². The monoisotopic (exact) mass is 237 g/mol. The summed E-state index contributed by atoms with van der Waals surface area (Å²) in [6.45, 7) is 4.06. The molecule has 8 heteroatoms. The van der Waals surface area contributed by atoms with Crippen LogP contribution in [-0.2, 0) is 11.3 Å². The lowest BCUT2D eigenvalue weighted by molar-refractivity contribution is 0.0518. The van der Waals surface area contributed by atoms with Crippen molar-refractivity contribution in [3.8, 4) is 0 Å². The maximum atomic E-state index is 11.5. The molecule has 0 aromatic carbocycles. The topological polar surface area (TPSA) is 95.9 Å². The largest absolute Gasteiger partial charge is 0.461 e. The zero-order valence-electron chi connectivity index (χ0n) is 9.45. The van der Waals surface area contributed by atoms with Crippen molar-refractivity contribution in [3.05, 3.63) is 23.6 Å². The summed E-state index contributed by atoms with van der Waals surface area (Å²) in [7, 11) is 0. The standard InChI is InChI=1S/C9H11N5O3/c1-3-16-9(15)8-6(2)14(13-11-8)4-7-10-5-17-12-7/h5H,3-4H2,1-2H3. The van der Waals surface area contributed by atoms with Gasteiger partial charge in [-0.25, -0.2) is 9.48 Å². The normalized spacial score (nSPS) is 10.5. The maximum absolute atomic E-state index is 11.5. The molecule has 2 aromatic heterocycles. The van der Waals surface area contributed by atoms with Crippen LogP contribution in [-0.4, -0.2) is 37.7 Å². The third kappa shape index (κ3) is 2.30. The SMILES string of the molecule is CCOC(=O)c1nnn(Cc2ncon2)c1C. The van der Waals surface area contributed by atoms with Crippen molar-refractivity contribution in [2.45, 2.75) is 20.4 Å². The van der Waals surface area contributed by atoms with E-state index in [9.17, 15) is 4.79 Å². The molecule has 0 saturated heterocycles. The van der Waals surface area contributed by atoms with Gasteiger partial charge in [0.15, 0.2) is 11.5 Å². The van der Waals surface area contributed by atoms with Gasteiger partial charge >= 0.3 is 5.97 Å². The highest BCUT2D eigenvalue weighted by molar-refractivity contribution is 5.88. The Balaban J connectivity index is 2.18. The second-order valence-electron chi connectivity index (χ2n) is 3.25. The summed E-state index contributed by atoms with van der Waals surface area (Å²) in [4.78, 5) is 15.4. The summed E-state index contributed by atoms with van der Waals surface area (Å²) < 4.78 is 11.0. The molecular weight excluding hydrogens is 226 g/mol. The second kappa shape index (κ2) is 4.73. The lowest BCUT2D eigenvalue weighted by Crippen LogP contribution is -2.09. The van der Waals surface area contributed by atoms with Gasteiger partial charge in [0.1, 0.15) is 6.54 Å². The molecule has 0 unspecified atom stereocenters. The first-order chi connectivity index (χ1) is 8.22. The first kappa shape index (κ1) is 11.2. The van der Waals surface area contributed by atoms with Crippen molar-refractivity contribution in [1.82, 2.24) is 25.1 Å². The summed E-state index contributed by atoms with van der Waals surface area (Å²) in [5.74, 6) is -0.0160. The van der Waals surface area contributed by atoms with Crippen LogP contribution in [0.4, 0.5) is 0 Å². The lowest BCUT2D eigenvalue weighted by Gasteiger charge is -2.00. The van der Waals surface area contributed by atoms with Crippen molar-refractivity contribution >= 4 is 5.97 Å². The van der Waals surface area contributed by atoms with Crippen LogP contribution in [0.25, 0.3) is 0 Å². The number of aromatic nitrogens is 5. The minimum Gasteiger partial charge on any atom is -0.461 e. The molecule has 0 aliphatic heterocycles.